The predicted octanol–water partition coefficient (Wildman–Crippen LogP) is 2.45. The van der Waals surface area contributed by atoms with Gasteiger partial charge >= 0.3 is 0 Å². The zero-order chi connectivity index (χ0) is 13.5. The van der Waals surface area contributed by atoms with Crippen LogP contribution in [0.5, 0.6) is 5.75 Å². The maximum absolute atomic E-state index is 5.16. The molecule has 0 spiro atoms. The maximum Gasteiger partial charge on any atom is 0.249 e. The topological polar surface area (TPSA) is 72.0 Å². The Bertz CT molecular complexity index is 532. The van der Waals surface area contributed by atoms with Crippen molar-refractivity contribution in [1.82, 2.24) is 15.2 Å². The van der Waals surface area contributed by atoms with Crippen LogP contribution in [0, 0.1) is 0 Å². The monoisotopic (exact) mass is 259 g/mol. The summed E-state index contributed by atoms with van der Waals surface area (Å²) in [5, 5.41) is 14.1. The van der Waals surface area contributed by atoms with Gasteiger partial charge in [0.05, 0.1) is 13.3 Å². The van der Waals surface area contributed by atoms with Crippen LogP contribution in [0.4, 0.5) is 17.5 Å². The zero-order valence-corrected chi connectivity index (χ0v) is 11.1. The number of rotatable bonds is 6. The number of benzene rings is 1. The van der Waals surface area contributed by atoms with Gasteiger partial charge < -0.3 is 15.4 Å². The van der Waals surface area contributed by atoms with Gasteiger partial charge in [-0.1, -0.05) is 13.0 Å². The molecule has 0 unspecified atom stereocenters. The van der Waals surface area contributed by atoms with E-state index in [1.165, 1.54) is 0 Å². The smallest absolute Gasteiger partial charge is 0.249 e. The van der Waals surface area contributed by atoms with Gasteiger partial charge in [-0.2, -0.15) is 10.1 Å². The highest BCUT2D eigenvalue weighted by atomic mass is 16.5. The summed E-state index contributed by atoms with van der Waals surface area (Å²) in [6.45, 7) is 2.95. The van der Waals surface area contributed by atoms with Crippen molar-refractivity contribution in [1.29, 1.82) is 0 Å². The van der Waals surface area contributed by atoms with Crippen LogP contribution in [-0.2, 0) is 0 Å². The van der Waals surface area contributed by atoms with E-state index in [1.54, 1.807) is 13.3 Å². The molecule has 0 aliphatic heterocycles. The lowest BCUT2D eigenvalue weighted by atomic mass is 10.3. The molecule has 1 aromatic carbocycles. The average Bonchev–Trinajstić information content (AvgIpc) is 2.46. The van der Waals surface area contributed by atoms with E-state index in [0.29, 0.717) is 11.8 Å². The number of anilines is 3. The molecule has 0 fully saturated rings. The minimum atomic E-state index is 0.453. The standard InChI is InChI=1S/C13H17N5O/c1-3-7-14-12-9-15-18-13(17-12)16-10-5-4-6-11(8-10)19-2/h4-6,8-9H,3,7H2,1-2H3,(H2,14,16,17,18). The summed E-state index contributed by atoms with van der Waals surface area (Å²) in [5.41, 5.74) is 0.855. The van der Waals surface area contributed by atoms with Gasteiger partial charge in [0.15, 0.2) is 5.82 Å². The van der Waals surface area contributed by atoms with Crippen molar-refractivity contribution >= 4 is 17.5 Å². The summed E-state index contributed by atoms with van der Waals surface area (Å²) >= 11 is 0. The third-order valence-electron chi connectivity index (χ3n) is 2.44. The lowest BCUT2D eigenvalue weighted by molar-refractivity contribution is 0.415. The maximum atomic E-state index is 5.16. The highest BCUT2D eigenvalue weighted by Gasteiger charge is 2.01. The lowest BCUT2D eigenvalue weighted by Crippen LogP contribution is -2.06. The molecule has 0 radical (unpaired) electrons. The van der Waals surface area contributed by atoms with E-state index < -0.39 is 0 Å². The van der Waals surface area contributed by atoms with Crippen LogP contribution < -0.4 is 15.4 Å². The molecule has 0 saturated carbocycles. The number of hydrogen-bond donors (Lipinski definition) is 2. The summed E-state index contributed by atoms with van der Waals surface area (Å²) < 4.78 is 5.16. The molecule has 0 aliphatic rings. The highest BCUT2D eigenvalue weighted by molar-refractivity contribution is 5.56. The number of nitrogens with one attached hydrogen (secondary N) is 2. The van der Waals surface area contributed by atoms with Crippen LogP contribution in [0.1, 0.15) is 13.3 Å². The van der Waals surface area contributed by atoms with Crippen LogP contribution in [0.2, 0.25) is 0 Å². The molecule has 0 bridgehead atoms. The van der Waals surface area contributed by atoms with Crippen LogP contribution >= 0.6 is 0 Å². The van der Waals surface area contributed by atoms with Gasteiger partial charge in [-0.15, -0.1) is 5.10 Å². The minimum absolute atomic E-state index is 0.453. The average molecular weight is 259 g/mol. The van der Waals surface area contributed by atoms with Crippen molar-refractivity contribution in [3.63, 3.8) is 0 Å². The van der Waals surface area contributed by atoms with Gasteiger partial charge in [-0.05, 0) is 18.6 Å². The number of hydrogen-bond acceptors (Lipinski definition) is 6. The summed E-state index contributed by atoms with van der Waals surface area (Å²) in [6.07, 6.45) is 2.63. The molecule has 1 heterocycles. The van der Waals surface area contributed by atoms with Crippen LogP contribution in [0.25, 0.3) is 0 Å². The third-order valence-corrected chi connectivity index (χ3v) is 2.44. The first-order valence-corrected chi connectivity index (χ1v) is 6.16. The van der Waals surface area contributed by atoms with Crippen molar-refractivity contribution in [2.24, 2.45) is 0 Å². The van der Waals surface area contributed by atoms with Gasteiger partial charge in [-0.25, -0.2) is 0 Å². The molecule has 6 heteroatoms. The highest BCUT2D eigenvalue weighted by Crippen LogP contribution is 2.19. The van der Waals surface area contributed by atoms with Crippen molar-refractivity contribution in [2.75, 3.05) is 24.3 Å². The molecular weight excluding hydrogens is 242 g/mol. The Balaban J connectivity index is 2.09. The quantitative estimate of drug-likeness (QED) is 0.830. The molecule has 2 N–H and O–H groups in total. The summed E-state index contributed by atoms with van der Waals surface area (Å²) in [5.74, 6) is 1.94. The molecule has 6 nitrogen and oxygen atoms in total. The second-order valence-corrected chi connectivity index (χ2v) is 3.95. The SMILES string of the molecule is CCCNc1cnnc(Nc2cccc(OC)c2)n1. The van der Waals surface area contributed by atoms with Gasteiger partial charge in [0.25, 0.3) is 0 Å². The summed E-state index contributed by atoms with van der Waals surface area (Å²) in [4.78, 5) is 4.32. The number of methoxy groups -OCH3 is 1. The minimum Gasteiger partial charge on any atom is -0.497 e. The van der Waals surface area contributed by atoms with E-state index in [1.807, 2.05) is 24.3 Å². The van der Waals surface area contributed by atoms with Crippen molar-refractivity contribution in [3.05, 3.63) is 30.5 Å². The van der Waals surface area contributed by atoms with Crippen molar-refractivity contribution < 1.29 is 4.74 Å². The molecule has 0 aliphatic carbocycles. The van der Waals surface area contributed by atoms with Gasteiger partial charge in [0.1, 0.15) is 5.75 Å². The Labute approximate surface area is 112 Å². The van der Waals surface area contributed by atoms with E-state index in [-0.39, 0.29) is 0 Å². The largest absolute Gasteiger partial charge is 0.497 e. The second-order valence-electron chi connectivity index (χ2n) is 3.95. The number of nitrogens with zero attached hydrogens (tertiary/aromatic N) is 3. The number of aromatic nitrogens is 3. The van der Waals surface area contributed by atoms with E-state index in [4.69, 9.17) is 4.74 Å². The molecule has 0 atom stereocenters. The summed E-state index contributed by atoms with van der Waals surface area (Å²) in [6, 6.07) is 7.56. The van der Waals surface area contributed by atoms with Crippen LogP contribution in [0.3, 0.4) is 0 Å². The first-order valence-electron chi connectivity index (χ1n) is 6.16. The molecule has 100 valence electrons. The lowest BCUT2D eigenvalue weighted by Gasteiger charge is -2.07. The zero-order valence-electron chi connectivity index (χ0n) is 11.1. The Morgan fingerprint density at radius 3 is 3.00 bits per heavy atom. The van der Waals surface area contributed by atoms with Gasteiger partial charge in [0, 0.05) is 18.3 Å². The van der Waals surface area contributed by atoms with Crippen molar-refractivity contribution in [3.8, 4) is 5.75 Å². The first-order chi connectivity index (χ1) is 9.31. The van der Waals surface area contributed by atoms with Gasteiger partial charge in [-0.3, -0.25) is 0 Å². The Kier molecular flexibility index (Phi) is 4.49. The van der Waals surface area contributed by atoms with Crippen LogP contribution in [0.15, 0.2) is 30.5 Å². The molecular formula is C13H17N5O. The van der Waals surface area contributed by atoms with E-state index in [0.717, 1.165) is 24.4 Å². The Morgan fingerprint density at radius 1 is 1.32 bits per heavy atom. The first kappa shape index (κ1) is 13.1. The van der Waals surface area contributed by atoms with Gasteiger partial charge in [0.2, 0.25) is 5.95 Å². The Hall–Kier alpha value is -2.37. The second kappa shape index (κ2) is 6.53. The van der Waals surface area contributed by atoms with Crippen LogP contribution in [-0.4, -0.2) is 28.8 Å². The molecule has 0 saturated heterocycles. The predicted molar refractivity (Wildman–Crippen MR) is 74.9 cm³/mol. The van der Waals surface area contributed by atoms with E-state index in [9.17, 15) is 0 Å². The van der Waals surface area contributed by atoms with Crippen molar-refractivity contribution in [2.45, 2.75) is 13.3 Å². The molecule has 2 rings (SSSR count). The molecule has 0 amide bonds. The molecule has 2 aromatic rings. The summed E-state index contributed by atoms with van der Waals surface area (Å²) in [7, 11) is 1.63. The fourth-order valence-electron chi connectivity index (χ4n) is 1.52. The van der Waals surface area contributed by atoms with E-state index >= 15 is 0 Å². The fraction of sp³-hybridized carbons (Fsp3) is 0.308. The third kappa shape index (κ3) is 3.80. The number of ether oxygens (including phenoxy) is 1. The van der Waals surface area contributed by atoms with E-state index in [2.05, 4.69) is 32.7 Å². The fourth-order valence-corrected chi connectivity index (χ4v) is 1.52. The molecule has 1 aromatic heterocycles. The normalized spacial score (nSPS) is 10.0. The molecule has 19 heavy (non-hydrogen) atoms. The Morgan fingerprint density at radius 2 is 2.21 bits per heavy atom.